The van der Waals surface area contributed by atoms with Crippen molar-refractivity contribution in [3.63, 3.8) is 0 Å². The molecule has 2 atom stereocenters. The number of oxime groups is 1. The molecule has 0 spiro atoms. The number of hydrogen-bond donors (Lipinski definition) is 4. The van der Waals surface area contributed by atoms with Crippen molar-refractivity contribution in [2.75, 3.05) is 24.3 Å². The summed E-state index contributed by atoms with van der Waals surface area (Å²) >= 11 is 3.57. The van der Waals surface area contributed by atoms with Crippen LogP contribution in [-0.4, -0.2) is 94.4 Å². The quantitative estimate of drug-likeness (QED) is 0.132. The van der Waals surface area contributed by atoms with Crippen LogP contribution in [0.5, 0.6) is 0 Å². The smallest absolute Gasteiger partial charge is 0.352 e. The highest BCUT2D eigenvalue weighted by Gasteiger charge is 2.54. The van der Waals surface area contributed by atoms with Crippen LogP contribution in [-0.2, 0) is 31.1 Å². The number of hydrogen-bond acceptors (Lipinski definition) is 14. The molecule has 4 rings (SSSR count). The maximum absolute atomic E-state index is 12.9. The average molecular weight is 655 g/mol. The number of carbonyl (C=O) groups is 4. The van der Waals surface area contributed by atoms with Crippen molar-refractivity contribution in [2.24, 2.45) is 17.6 Å². The molecule has 0 saturated carbocycles. The molecule has 19 heteroatoms. The molecule has 0 radical (unpaired) electrons. The Morgan fingerprint density at radius 3 is 2.44 bits per heavy atom. The molecule has 0 unspecified atom stereocenters. The number of nitrogens with two attached hydrogens (primary N) is 1. The minimum absolute atomic E-state index is 0.148. The van der Waals surface area contributed by atoms with Crippen molar-refractivity contribution < 1.29 is 34.2 Å². The second kappa shape index (κ2) is 13.6. The molecule has 232 valence electrons. The topological polar surface area (TPSA) is 232 Å². The lowest BCUT2D eigenvalue weighted by Crippen LogP contribution is -2.71. The molecule has 1 fully saturated rings. The van der Waals surface area contributed by atoms with Crippen LogP contribution in [0, 0.1) is 12.3 Å². The lowest BCUT2D eigenvalue weighted by molar-refractivity contribution is -0.150. The van der Waals surface area contributed by atoms with Gasteiger partial charge in [0.2, 0.25) is 0 Å². The first kappa shape index (κ1) is 33.5. The lowest BCUT2D eigenvalue weighted by Gasteiger charge is -2.49. The average Bonchev–Trinajstić information content (AvgIpc) is 3.36. The van der Waals surface area contributed by atoms with Gasteiger partial charge in [-0.2, -0.15) is 10.1 Å². The normalized spacial score (nSPS) is 18.2. The summed E-state index contributed by atoms with van der Waals surface area (Å²) in [4.78, 5) is 73.6. The highest BCUT2D eigenvalue weighted by Crippen LogP contribution is 2.41. The maximum Gasteiger partial charge on any atom is 0.352 e. The number of nitrogens with one attached hydrogen (secondary N) is 1. The highest BCUT2D eigenvalue weighted by molar-refractivity contribution is 8.01. The molecule has 16 nitrogen and oxygen atoms in total. The summed E-state index contributed by atoms with van der Waals surface area (Å²) in [6.07, 6.45) is 0. The van der Waals surface area contributed by atoms with Gasteiger partial charge in [0.15, 0.2) is 16.0 Å². The van der Waals surface area contributed by atoms with E-state index in [0.717, 1.165) is 28.0 Å². The van der Waals surface area contributed by atoms with Gasteiger partial charge in [0, 0.05) is 23.9 Å². The lowest BCUT2D eigenvalue weighted by atomic mass is 9.98. The van der Waals surface area contributed by atoms with Crippen LogP contribution in [0.1, 0.15) is 32.2 Å². The van der Waals surface area contributed by atoms with E-state index in [0.29, 0.717) is 16.5 Å². The molecule has 4 heterocycles. The highest BCUT2D eigenvalue weighted by atomic mass is 32.2. The predicted molar refractivity (Wildman–Crippen MR) is 160 cm³/mol. The molecule has 5 N–H and O–H groups in total. The minimum Gasteiger partial charge on any atom is -0.481 e. The van der Waals surface area contributed by atoms with Crippen LogP contribution in [0.15, 0.2) is 31.8 Å². The van der Waals surface area contributed by atoms with Crippen LogP contribution in [0.2, 0.25) is 0 Å². The molecular formula is C24H30N8O8S3. The minimum atomic E-state index is -1.27. The fourth-order valence-corrected chi connectivity index (χ4v) is 6.46. The van der Waals surface area contributed by atoms with E-state index in [1.54, 1.807) is 34.7 Å². The summed E-state index contributed by atoms with van der Waals surface area (Å²) in [7, 11) is 2.90. The van der Waals surface area contributed by atoms with Gasteiger partial charge in [-0.3, -0.25) is 24.1 Å². The van der Waals surface area contributed by atoms with E-state index in [2.05, 4.69) is 25.5 Å². The molecule has 2 amide bonds. The van der Waals surface area contributed by atoms with Gasteiger partial charge in [0.05, 0.1) is 5.41 Å². The zero-order valence-electron chi connectivity index (χ0n) is 24.0. The zero-order chi connectivity index (χ0) is 32.2. The Morgan fingerprint density at radius 1 is 1.26 bits per heavy atom. The maximum atomic E-state index is 12.9. The Morgan fingerprint density at radius 2 is 1.91 bits per heavy atom. The largest absolute Gasteiger partial charge is 0.481 e. The fourth-order valence-electron chi connectivity index (χ4n) is 3.52. The molecule has 2 aromatic rings. The Kier molecular flexibility index (Phi) is 10.6. The Bertz CT molecular complexity index is 1560. The van der Waals surface area contributed by atoms with E-state index >= 15 is 0 Å². The Hall–Kier alpha value is -3.97. The van der Waals surface area contributed by atoms with Crippen LogP contribution >= 0.6 is 34.9 Å². The van der Waals surface area contributed by atoms with Crippen molar-refractivity contribution in [2.45, 2.75) is 44.3 Å². The summed E-state index contributed by atoms with van der Waals surface area (Å²) in [5.74, 6) is -2.82. The SMILES string of the molecule is CC(C)(C)C(=O)O.CO/N=C(\C(=O)N[C@@H]1C(=O)N2C(C(=O)O)=C(CSc3nc(=O)c(C)nn3C)CS[C@H]12)c1csc(N)n1. The number of aryl methyl sites for hydroxylation is 2. The molecule has 0 bridgehead atoms. The van der Waals surface area contributed by atoms with E-state index in [1.807, 2.05) is 0 Å². The first-order valence-corrected chi connectivity index (χ1v) is 15.3. The van der Waals surface area contributed by atoms with Crippen molar-refractivity contribution in [3.05, 3.63) is 38.4 Å². The number of carbonyl (C=O) groups excluding carboxylic acids is 2. The first-order chi connectivity index (χ1) is 20.1. The molecule has 2 aromatic heterocycles. The summed E-state index contributed by atoms with van der Waals surface area (Å²) in [6, 6.07) is -0.965. The van der Waals surface area contributed by atoms with Crippen LogP contribution in [0.3, 0.4) is 0 Å². The van der Waals surface area contributed by atoms with Crippen LogP contribution < -0.4 is 16.6 Å². The van der Waals surface area contributed by atoms with Gasteiger partial charge in [0.1, 0.15) is 35.6 Å². The molecule has 0 aliphatic carbocycles. The fraction of sp³-hybridized carbons (Fsp3) is 0.458. The van der Waals surface area contributed by atoms with Crippen LogP contribution in [0.25, 0.3) is 0 Å². The third kappa shape index (κ3) is 7.71. The molecular weight excluding hydrogens is 625 g/mol. The number of fused-ring (bicyclic) bond motifs is 1. The first-order valence-electron chi connectivity index (χ1n) is 12.4. The summed E-state index contributed by atoms with van der Waals surface area (Å²) in [6.45, 7) is 6.54. The molecule has 2 aliphatic heterocycles. The van der Waals surface area contributed by atoms with E-state index in [1.165, 1.54) is 28.9 Å². The van der Waals surface area contributed by atoms with Crippen molar-refractivity contribution in [1.29, 1.82) is 0 Å². The van der Waals surface area contributed by atoms with Crippen molar-refractivity contribution >= 4 is 69.5 Å². The number of β-lactam (4-membered cyclic amide) rings is 1. The number of carboxylic acids is 2. The second-order valence-corrected chi connectivity index (χ2v) is 13.0. The van der Waals surface area contributed by atoms with Gasteiger partial charge in [-0.25, -0.2) is 14.5 Å². The van der Waals surface area contributed by atoms with Gasteiger partial charge in [-0.15, -0.1) is 23.1 Å². The van der Waals surface area contributed by atoms with Gasteiger partial charge in [-0.1, -0.05) is 16.9 Å². The second-order valence-electron chi connectivity index (χ2n) is 10.1. The third-order valence-electron chi connectivity index (χ3n) is 5.80. The molecule has 43 heavy (non-hydrogen) atoms. The van der Waals surface area contributed by atoms with E-state index in [-0.39, 0.29) is 33.7 Å². The summed E-state index contributed by atoms with van der Waals surface area (Å²) in [5.41, 5.74) is 5.20. The number of anilines is 1. The summed E-state index contributed by atoms with van der Waals surface area (Å²) in [5, 5.41) is 29.9. The molecule has 0 aromatic carbocycles. The van der Waals surface area contributed by atoms with Crippen molar-refractivity contribution in [3.8, 4) is 0 Å². The number of rotatable bonds is 8. The Balaban J connectivity index is 0.000000646. The number of nitrogens with zero attached hydrogens (tertiary/aromatic N) is 6. The van der Waals surface area contributed by atoms with Crippen molar-refractivity contribution in [1.82, 2.24) is 30.0 Å². The van der Waals surface area contributed by atoms with E-state index < -0.39 is 46.1 Å². The number of thioether (sulfide) groups is 2. The molecule has 2 aliphatic rings. The standard InChI is InChI=1S/C19H20N8O6S3.C5H10O2/c1-7-13(28)23-19(26(2)24-7)36-5-8-4-34-16-11(15(30)27(16)12(8)17(31)32)22-14(29)10(25-33-3)9-6-35-18(20)21-9;1-5(2,3)4(6)7/h6,11,16H,4-5H2,1-3H3,(H2,20,21)(H,22,29)(H,31,32);1-3H3,(H,6,7)/b25-10-;/t11-,16-;/m1./s1. The number of amides is 2. The monoisotopic (exact) mass is 654 g/mol. The number of thiazole rings is 1. The van der Waals surface area contributed by atoms with Gasteiger partial charge in [-0.05, 0) is 33.3 Å². The van der Waals surface area contributed by atoms with E-state index in [9.17, 15) is 29.1 Å². The molecule has 1 saturated heterocycles. The summed E-state index contributed by atoms with van der Waals surface area (Å²) < 4.78 is 1.44. The third-order valence-corrected chi connectivity index (χ3v) is 8.92. The predicted octanol–water partition coefficient (Wildman–Crippen LogP) is 0.521. The number of nitrogen functional groups attached to an aromatic ring is 1. The van der Waals surface area contributed by atoms with Gasteiger partial charge in [0.25, 0.3) is 17.4 Å². The zero-order valence-corrected chi connectivity index (χ0v) is 26.4. The van der Waals surface area contributed by atoms with E-state index in [4.69, 9.17) is 15.7 Å². The van der Waals surface area contributed by atoms with Gasteiger partial charge >= 0.3 is 11.9 Å². The number of aromatic nitrogens is 4. The number of carboxylic acid groups (broad SMARTS) is 2. The van der Waals surface area contributed by atoms with Crippen LogP contribution in [0.4, 0.5) is 5.13 Å². The van der Waals surface area contributed by atoms with Gasteiger partial charge < -0.3 is 26.1 Å². The number of aliphatic carboxylic acids is 2. The Labute approximate surface area is 257 Å².